The van der Waals surface area contributed by atoms with E-state index in [1.165, 1.54) is 48.7 Å². The van der Waals surface area contributed by atoms with Crippen molar-refractivity contribution in [2.75, 3.05) is 19.8 Å². The standard InChI is InChI=1S/C47H64N9O5Si/c1-26(2)40(48)44(57)54-18-10-13-36(54)42-49-23-34(51-42)30-14-16-32-37-20-31-19-29(15-17-35(31)56(37)46(61-39(32)21-30)28-11-8-7-9-12-28)33-22-50-43(52-33)38-24-62(6)25-55(38)45(58)41(27(3)4)53-47(59)60-5/h15,17,19-23,26-28,36,38,40-41,46-47,53,59H,7-14,16,18,24-25,48H2,1-6H3,(H,49,51)(H,50,52). The summed E-state index contributed by atoms with van der Waals surface area (Å²) in [5.74, 6) is 2.98. The monoisotopic (exact) mass is 862 g/mol. The van der Waals surface area contributed by atoms with Crippen molar-refractivity contribution < 1.29 is 24.2 Å². The van der Waals surface area contributed by atoms with E-state index in [9.17, 15) is 14.7 Å². The number of imidazole rings is 2. The molecular formula is C47H64N9O5Si. The highest BCUT2D eigenvalue weighted by Gasteiger charge is 2.41. The van der Waals surface area contributed by atoms with Crippen LogP contribution in [0.1, 0.15) is 127 Å². The summed E-state index contributed by atoms with van der Waals surface area (Å²) in [6.07, 6.45) is 14.9. The van der Waals surface area contributed by atoms with E-state index >= 15 is 0 Å². The summed E-state index contributed by atoms with van der Waals surface area (Å²) >= 11 is 0. The van der Waals surface area contributed by atoms with Gasteiger partial charge in [0.05, 0.1) is 68.0 Å². The predicted molar refractivity (Wildman–Crippen MR) is 241 cm³/mol. The summed E-state index contributed by atoms with van der Waals surface area (Å²) in [5, 5.41) is 14.3. The van der Waals surface area contributed by atoms with E-state index in [1.54, 1.807) is 0 Å². The number of H-pyrrole nitrogens is 2. The smallest absolute Gasteiger partial charge is 0.240 e. The van der Waals surface area contributed by atoms with Crippen LogP contribution < -0.4 is 11.1 Å². The molecule has 14 nitrogen and oxygen atoms in total. The van der Waals surface area contributed by atoms with Crippen LogP contribution in [0.5, 0.6) is 0 Å². The molecule has 3 aromatic heterocycles. The first-order valence-corrected chi connectivity index (χ1v) is 25.3. The van der Waals surface area contributed by atoms with E-state index in [4.69, 9.17) is 25.2 Å². The number of amides is 2. The number of rotatable bonds is 12. The molecule has 2 saturated heterocycles. The third-order valence-corrected chi connectivity index (χ3v) is 16.1. The second kappa shape index (κ2) is 17.6. The van der Waals surface area contributed by atoms with Gasteiger partial charge in [-0.05, 0) is 86.3 Å². The summed E-state index contributed by atoms with van der Waals surface area (Å²) in [6, 6.07) is 8.57. The first-order chi connectivity index (χ1) is 29.9. The van der Waals surface area contributed by atoms with Crippen LogP contribution >= 0.6 is 0 Å². The molecule has 0 bridgehead atoms. The van der Waals surface area contributed by atoms with E-state index in [-0.39, 0.29) is 42.0 Å². The number of benzene rings is 1. The summed E-state index contributed by atoms with van der Waals surface area (Å²) < 4.78 is 14.7. The molecular weight excluding hydrogens is 799 g/mol. The number of carbonyl (C=O) groups is 2. The maximum absolute atomic E-state index is 14.0. The maximum Gasteiger partial charge on any atom is 0.240 e. The Balaban J connectivity index is 1.00. The number of aliphatic hydroxyl groups is 1. The van der Waals surface area contributed by atoms with Crippen molar-refractivity contribution >= 4 is 42.7 Å². The average molecular weight is 863 g/mol. The van der Waals surface area contributed by atoms with Crippen molar-refractivity contribution in [3.05, 3.63) is 71.5 Å². The number of ether oxygens (including phenoxy) is 2. The molecule has 2 amide bonds. The number of likely N-dealkylation sites (tertiary alicyclic amines) is 1. The fraction of sp³-hybridized carbons (Fsp3) is 0.574. The molecule has 6 unspecified atom stereocenters. The molecule has 6 heterocycles. The van der Waals surface area contributed by atoms with Gasteiger partial charge < -0.3 is 44.6 Å². The lowest BCUT2D eigenvalue weighted by Crippen LogP contribution is -2.53. The molecule has 3 aliphatic heterocycles. The minimum atomic E-state index is -1.22. The number of fused-ring (bicyclic) bond motifs is 4. The van der Waals surface area contributed by atoms with Crippen LogP contribution in [0.4, 0.5) is 0 Å². The fourth-order valence-corrected chi connectivity index (χ4v) is 12.7. The van der Waals surface area contributed by atoms with E-state index < -0.39 is 27.3 Å². The number of methoxy groups -OCH3 is 1. The Bertz CT molecular complexity index is 2360. The highest BCUT2D eigenvalue weighted by molar-refractivity contribution is 6.58. The molecule has 3 fully saturated rings. The highest BCUT2D eigenvalue weighted by atomic mass is 28.3. The van der Waals surface area contributed by atoms with Gasteiger partial charge in [-0.25, -0.2) is 9.97 Å². The van der Waals surface area contributed by atoms with Crippen LogP contribution in [-0.4, -0.2) is 98.3 Å². The molecule has 4 aromatic rings. The zero-order valence-electron chi connectivity index (χ0n) is 37.1. The number of nitrogens with two attached hydrogens (primary N) is 1. The largest absolute Gasteiger partial charge is 0.469 e. The zero-order chi connectivity index (χ0) is 43.4. The first kappa shape index (κ1) is 42.7. The molecule has 9 rings (SSSR count). The number of nitrogens with zero attached hydrogens (tertiary/aromatic N) is 5. The third-order valence-electron chi connectivity index (χ3n) is 14.1. The van der Waals surface area contributed by atoms with Gasteiger partial charge in [-0.15, -0.1) is 0 Å². The Hall–Kier alpha value is -4.54. The van der Waals surface area contributed by atoms with Gasteiger partial charge in [-0.1, -0.05) is 59.6 Å². The molecule has 15 heteroatoms. The molecule has 1 aromatic carbocycles. The fourth-order valence-electron chi connectivity index (χ4n) is 10.5. The Kier molecular flexibility index (Phi) is 12.1. The van der Waals surface area contributed by atoms with E-state index in [1.807, 2.05) is 49.9 Å². The minimum absolute atomic E-state index is 0.00251. The maximum atomic E-state index is 14.0. The normalized spacial score (nSPS) is 23.8. The van der Waals surface area contributed by atoms with Crippen LogP contribution in [0.3, 0.4) is 0 Å². The van der Waals surface area contributed by atoms with Crippen LogP contribution in [0, 0.1) is 17.8 Å². The Morgan fingerprint density at radius 3 is 2.42 bits per heavy atom. The quantitative estimate of drug-likeness (QED) is 0.0729. The lowest BCUT2D eigenvalue weighted by atomic mass is 9.86. The molecule has 0 spiro atoms. The third kappa shape index (κ3) is 7.99. The SMILES string of the molecule is COC(O)NC(C(=O)N1C[Si](C)CC1c1ncc(-c2ccc3c(c2)cc2n3C(C3CCCCC3)OC3=C2CCC(c2cnc(C4CCCN4C(=O)C(N)C(C)C)[nH]2)=C3)[nH]1)C(C)C. The van der Waals surface area contributed by atoms with Gasteiger partial charge in [0.1, 0.15) is 17.4 Å². The van der Waals surface area contributed by atoms with Gasteiger partial charge in [-0.2, -0.15) is 0 Å². The lowest BCUT2D eigenvalue weighted by Gasteiger charge is -2.38. The highest BCUT2D eigenvalue weighted by Crippen LogP contribution is 2.48. The number of carbonyl (C=O) groups excluding carboxylic acids is 2. The number of nitrogens with one attached hydrogen (secondary N) is 3. The van der Waals surface area contributed by atoms with Crippen LogP contribution in [-0.2, 0) is 19.1 Å². The van der Waals surface area contributed by atoms with Crippen molar-refractivity contribution in [2.45, 2.75) is 135 Å². The van der Waals surface area contributed by atoms with Gasteiger partial charge in [0.15, 0.2) is 6.23 Å². The zero-order valence-corrected chi connectivity index (χ0v) is 38.1. The molecule has 1 radical (unpaired) electrons. The van der Waals surface area contributed by atoms with Crippen molar-refractivity contribution in [3.8, 4) is 11.3 Å². The van der Waals surface area contributed by atoms with E-state index in [2.05, 4.69) is 56.7 Å². The molecule has 6 N–H and O–H groups in total. The van der Waals surface area contributed by atoms with Gasteiger partial charge in [0, 0.05) is 42.3 Å². The number of aromatic amines is 2. The van der Waals surface area contributed by atoms with E-state index in [0.29, 0.717) is 12.5 Å². The Morgan fingerprint density at radius 2 is 1.68 bits per heavy atom. The number of hydrogen-bond acceptors (Lipinski definition) is 9. The molecule has 331 valence electrons. The van der Waals surface area contributed by atoms with Crippen molar-refractivity contribution in [3.63, 3.8) is 0 Å². The van der Waals surface area contributed by atoms with Gasteiger partial charge in [0.2, 0.25) is 18.2 Å². The molecule has 5 aliphatic rings. The van der Waals surface area contributed by atoms with Gasteiger partial charge in [-0.3, -0.25) is 14.9 Å². The van der Waals surface area contributed by atoms with Crippen molar-refractivity contribution in [1.82, 2.24) is 39.6 Å². The van der Waals surface area contributed by atoms with Crippen LogP contribution in [0.2, 0.25) is 12.6 Å². The van der Waals surface area contributed by atoms with Crippen molar-refractivity contribution in [2.24, 2.45) is 23.5 Å². The topological polar surface area (TPSA) is 180 Å². The summed E-state index contributed by atoms with van der Waals surface area (Å²) in [5.41, 5.74) is 14.1. The minimum Gasteiger partial charge on any atom is -0.469 e. The van der Waals surface area contributed by atoms with Gasteiger partial charge >= 0.3 is 0 Å². The lowest BCUT2D eigenvalue weighted by molar-refractivity contribution is -0.144. The average Bonchev–Trinajstić information content (AvgIpc) is 4.13. The summed E-state index contributed by atoms with van der Waals surface area (Å²) in [4.78, 5) is 48.1. The summed E-state index contributed by atoms with van der Waals surface area (Å²) in [7, 11) is 0.614. The summed E-state index contributed by atoms with van der Waals surface area (Å²) in [6.45, 7) is 10.9. The van der Waals surface area contributed by atoms with Crippen LogP contribution in [0.25, 0.3) is 33.3 Å². The number of aliphatic hydroxyl groups excluding tert-OH is 1. The molecule has 6 atom stereocenters. The second-order valence-electron chi connectivity index (χ2n) is 19.0. The second-order valence-corrected chi connectivity index (χ2v) is 21.7. The molecule has 1 saturated carbocycles. The van der Waals surface area contributed by atoms with Crippen molar-refractivity contribution in [1.29, 1.82) is 0 Å². The first-order valence-electron chi connectivity index (χ1n) is 22.9. The number of allylic oxidation sites excluding steroid dienone is 3. The van der Waals surface area contributed by atoms with Gasteiger partial charge in [0.25, 0.3) is 0 Å². The van der Waals surface area contributed by atoms with E-state index in [0.717, 1.165) is 90.5 Å². The predicted octanol–water partition coefficient (Wildman–Crippen LogP) is 7.18. The Morgan fingerprint density at radius 1 is 0.935 bits per heavy atom. The molecule has 2 aliphatic carbocycles. The van der Waals surface area contributed by atoms with Crippen LogP contribution in [0.15, 0.2) is 48.5 Å². The number of hydrogen-bond donors (Lipinski definition) is 5. The Labute approximate surface area is 366 Å². The molecule has 62 heavy (non-hydrogen) atoms. The number of aromatic nitrogens is 5.